The van der Waals surface area contributed by atoms with Gasteiger partial charge in [0, 0.05) is 5.56 Å². The molecule has 0 saturated carbocycles. The highest BCUT2D eigenvalue weighted by Gasteiger charge is 2.31. The third-order valence-electron chi connectivity index (χ3n) is 2.40. The average molecular weight is 351 g/mol. The normalized spacial score (nSPS) is 13.2. The topological polar surface area (TPSA) is 48.2 Å². The number of hydrogen-bond acceptors (Lipinski definition) is 4. The Labute approximate surface area is 121 Å². The highest BCUT2D eigenvalue weighted by Crippen LogP contribution is 2.29. The molecule has 0 N–H and O–H groups in total. The number of benzene rings is 1. The van der Waals surface area contributed by atoms with Crippen LogP contribution in [-0.4, -0.2) is 16.6 Å². The fourth-order valence-electron chi connectivity index (χ4n) is 1.45. The molecule has 2 aromatic rings. The van der Waals surface area contributed by atoms with Crippen molar-refractivity contribution in [1.82, 2.24) is 10.2 Å². The van der Waals surface area contributed by atoms with Crippen molar-refractivity contribution in [2.24, 2.45) is 0 Å². The van der Waals surface area contributed by atoms with Gasteiger partial charge in [0.15, 0.2) is 0 Å². The largest absolute Gasteiger partial charge is 0.573 e. The van der Waals surface area contributed by atoms with Crippen molar-refractivity contribution in [2.75, 3.05) is 0 Å². The van der Waals surface area contributed by atoms with Gasteiger partial charge in [-0.3, -0.25) is 0 Å². The Morgan fingerprint density at radius 3 is 2.45 bits per heavy atom. The molecule has 0 saturated heterocycles. The summed E-state index contributed by atoms with van der Waals surface area (Å²) in [6.07, 6.45) is -3.93. The second kappa shape index (κ2) is 5.82. The maximum Gasteiger partial charge on any atom is 0.573 e. The summed E-state index contributed by atoms with van der Waals surface area (Å²) in [5, 5.41) is 7.72. The smallest absolute Gasteiger partial charge is 0.419 e. The molecule has 1 aromatic heterocycles. The van der Waals surface area contributed by atoms with E-state index in [2.05, 4.69) is 30.9 Å². The third kappa shape index (κ3) is 3.72. The van der Waals surface area contributed by atoms with E-state index in [1.807, 2.05) is 6.92 Å². The number of aromatic nitrogens is 2. The zero-order valence-corrected chi connectivity index (χ0v) is 11.9. The van der Waals surface area contributed by atoms with Crippen molar-refractivity contribution in [3.8, 4) is 17.2 Å². The highest BCUT2D eigenvalue weighted by molar-refractivity contribution is 9.09. The zero-order valence-electron chi connectivity index (χ0n) is 10.3. The van der Waals surface area contributed by atoms with Gasteiger partial charge >= 0.3 is 6.36 Å². The maximum atomic E-state index is 12.0. The summed E-state index contributed by atoms with van der Waals surface area (Å²) in [4.78, 5) is -0.0448. The minimum absolute atomic E-state index is 0.0448. The minimum Gasteiger partial charge on any atom is -0.419 e. The Hall–Kier alpha value is -1.57. The van der Waals surface area contributed by atoms with Crippen LogP contribution in [0, 0.1) is 0 Å². The lowest BCUT2D eigenvalue weighted by atomic mass is 10.2. The van der Waals surface area contributed by atoms with Crippen LogP contribution in [0.15, 0.2) is 28.7 Å². The molecule has 1 unspecified atom stereocenters. The van der Waals surface area contributed by atoms with Crippen LogP contribution in [0.3, 0.4) is 0 Å². The fourth-order valence-corrected chi connectivity index (χ4v) is 1.64. The van der Waals surface area contributed by atoms with Crippen molar-refractivity contribution >= 4 is 15.9 Å². The van der Waals surface area contributed by atoms with Crippen LogP contribution in [0.5, 0.6) is 5.75 Å². The standard InChI is InChI=1S/C12H10BrF3N2O2/c1-2-9(13)11-18-17-10(19-11)7-3-5-8(6-4-7)20-12(14,15)16/h3-6,9H,2H2,1H3. The van der Waals surface area contributed by atoms with E-state index < -0.39 is 6.36 Å². The number of hydrogen-bond donors (Lipinski definition) is 0. The molecule has 1 atom stereocenters. The number of rotatable bonds is 4. The molecule has 0 spiro atoms. The molecular weight excluding hydrogens is 341 g/mol. The molecule has 0 bridgehead atoms. The van der Waals surface area contributed by atoms with Gasteiger partial charge in [-0.05, 0) is 30.7 Å². The Morgan fingerprint density at radius 1 is 1.25 bits per heavy atom. The first-order valence-electron chi connectivity index (χ1n) is 5.72. The van der Waals surface area contributed by atoms with Crippen LogP contribution in [0.25, 0.3) is 11.5 Å². The summed E-state index contributed by atoms with van der Waals surface area (Å²) >= 11 is 3.37. The van der Waals surface area contributed by atoms with E-state index in [4.69, 9.17) is 4.42 Å². The second-order valence-corrected chi connectivity index (χ2v) is 5.00. The van der Waals surface area contributed by atoms with E-state index in [0.717, 1.165) is 6.42 Å². The van der Waals surface area contributed by atoms with Crippen molar-refractivity contribution in [2.45, 2.75) is 24.5 Å². The van der Waals surface area contributed by atoms with Crippen molar-refractivity contribution in [1.29, 1.82) is 0 Å². The number of ether oxygens (including phenoxy) is 1. The van der Waals surface area contributed by atoms with Gasteiger partial charge in [0.05, 0.1) is 4.83 Å². The van der Waals surface area contributed by atoms with Crippen molar-refractivity contribution < 1.29 is 22.3 Å². The van der Waals surface area contributed by atoms with Crippen LogP contribution in [0.2, 0.25) is 0 Å². The van der Waals surface area contributed by atoms with Crippen molar-refractivity contribution in [3.05, 3.63) is 30.2 Å². The van der Waals surface area contributed by atoms with Gasteiger partial charge in [-0.1, -0.05) is 22.9 Å². The summed E-state index contributed by atoms with van der Waals surface area (Å²) in [5.74, 6) is 0.377. The average Bonchev–Trinajstić information content (AvgIpc) is 2.86. The molecular formula is C12H10BrF3N2O2. The van der Waals surface area contributed by atoms with Crippen LogP contribution in [0.4, 0.5) is 13.2 Å². The molecule has 20 heavy (non-hydrogen) atoms. The molecule has 0 radical (unpaired) electrons. The molecule has 1 aromatic carbocycles. The monoisotopic (exact) mass is 350 g/mol. The molecule has 0 aliphatic heterocycles. The van der Waals surface area contributed by atoms with Crippen LogP contribution in [-0.2, 0) is 0 Å². The second-order valence-electron chi connectivity index (χ2n) is 3.89. The van der Waals surface area contributed by atoms with Gasteiger partial charge in [0.25, 0.3) is 0 Å². The summed E-state index contributed by atoms with van der Waals surface area (Å²) in [5.41, 5.74) is 0.522. The Kier molecular flexibility index (Phi) is 4.32. The van der Waals surface area contributed by atoms with E-state index >= 15 is 0 Å². The van der Waals surface area contributed by atoms with E-state index in [1.165, 1.54) is 24.3 Å². The molecule has 0 aliphatic rings. The van der Waals surface area contributed by atoms with Crippen LogP contribution < -0.4 is 4.74 Å². The predicted octanol–water partition coefficient (Wildman–Crippen LogP) is 4.48. The molecule has 0 aliphatic carbocycles. The van der Waals surface area contributed by atoms with Gasteiger partial charge in [0.2, 0.25) is 11.8 Å². The first-order chi connectivity index (χ1) is 9.39. The zero-order chi connectivity index (χ0) is 14.8. The van der Waals surface area contributed by atoms with Crippen molar-refractivity contribution in [3.63, 3.8) is 0 Å². The summed E-state index contributed by atoms with van der Waals surface area (Å²) < 4.78 is 45.3. The highest BCUT2D eigenvalue weighted by atomic mass is 79.9. The number of halogens is 4. The summed E-state index contributed by atoms with van der Waals surface area (Å²) in [7, 11) is 0. The van der Waals surface area contributed by atoms with E-state index in [1.54, 1.807) is 0 Å². The molecule has 8 heteroatoms. The first kappa shape index (κ1) is 14.8. The lowest BCUT2D eigenvalue weighted by molar-refractivity contribution is -0.274. The summed E-state index contributed by atoms with van der Waals surface area (Å²) in [6, 6.07) is 5.23. The van der Waals surface area contributed by atoms with E-state index in [0.29, 0.717) is 11.5 Å². The third-order valence-corrected chi connectivity index (χ3v) is 3.44. The first-order valence-corrected chi connectivity index (χ1v) is 6.64. The maximum absolute atomic E-state index is 12.0. The number of alkyl halides is 4. The molecule has 4 nitrogen and oxygen atoms in total. The van der Waals surface area contributed by atoms with Crippen LogP contribution in [0.1, 0.15) is 24.1 Å². The molecule has 2 rings (SSSR count). The Bertz CT molecular complexity index is 569. The fraction of sp³-hybridized carbons (Fsp3) is 0.333. The lowest BCUT2D eigenvalue weighted by Gasteiger charge is -2.08. The van der Waals surface area contributed by atoms with Gasteiger partial charge in [-0.25, -0.2) is 0 Å². The molecule has 0 amide bonds. The minimum atomic E-state index is -4.70. The molecule has 108 valence electrons. The molecule has 0 fully saturated rings. The van der Waals surface area contributed by atoms with E-state index in [9.17, 15) is 13.2 Å². The number of nitrogens with zero attached hydrogens (tertiary/aromatic N) is 2. The summed E-state index contributed by atoms with van der Waals surface area (Å²) in [6.45, 7) is 1.95. The van der Waals surface area contributed by atoms with Gasteiger partial charge in [-0.2, -0.15) is 0 Å². The Balaban J connectivity index is 2.15. The Morgan fingerprint density at radius 2 is 1.90 bits per heavy atom. The SMILES string of the molecule is CCC(Br)c1nnc(-c2ccc(OC(F)(F)F)cc2)o1. The van der Waals surface area contributed by atoms with Gasteiger partial charge in [-0.15, -0.1) is 23.4 Å². The van der Waals surface area contributed by atoms with Gasteiger partial charge in [0.1, 0.15) is 5.75 Å². The van der Waals surface area contributed by atoms with Gasteiger partial charge < -0.3 is 9.15 Å². The van der Waals surface area contributed by atoms with Crippen LogP contribution >= 0.6 is 15.9 Å². The quantitative estimate of drug-likeness (QED) is 0.762. The lowest BCUT2D eigenvalue weighted by Crippen LogP contribution is -2.16. The van der Waals surface area contributed by atoms with E-state index in [-0.39, 0.29) is 16.5 Å². The predicted molar refractivity (Wildman–Crippen MR) is 68.4 cm³/mol. The molecule has 1 heterocycles.